The Labute approximate surface area is 126 Å². The number of fused-ring (bicyclic) bond motifs is 1. The van der Waals surface area contributed by atoms with Crippen molar-refractivity contribution in [2.45, 2.75) is 32.3 Å². The highest BCUT2D eigenvalue weighted by atomic mass is 79.9. The molecule has 1 nitrogen and oxygen atoms in total. The molecule has 0 radical (unpaired) electrons. The zero-order valence-electron chi connectivity index (χ0n) is 11.2. The normalized spacial score (nSPS) is 13.9. The molecule has 0 aliphatic heterocycles. The van der Waals surface area contributed by atoms with Gasteiger partial charge in [-0.1, -0.05) is 22.0 Å². The van der Waals surface area contributed by atoms with Crippen molar-refractivity contribution < 1.29 is 9.13 Å². The molecule has 0 N–H and O–H groups in total. The number of benzene rings is 2. The summed E-state index contributed by atoms with van der Waals surface area (Å²) in [6, 6.07) is 11.1. The Morgan fingerprint density at radius 3 is 2.60 bits per heavy atom. The topological polar surface area (TPSA) is 9.23 Å². The minimum absolute atomic E-state index is 0.247. The maximum atomic E-state index is 13.3. The standard InChI is InChI=1S/C17H16BrFO/c18-15-7-12(8-16(19)10-15)11-20-17-6-5-13-3-1-2-4-14(13)9-17/h5-10H,1-4,11H2. The number of ether oxygens (including phenoxy) is 1. The first-order valence-electron chi connectivity index (χ1n) is 6.90. The number of halogens is 2. The van der Waals surface area contributed by atoms with Gasteiger partial charge in [0, 0.05) is 4.47 Å². The fourth-order valence-electron chi connectivity index (χ4n) is 2.66. The Hall–Kier alpha value is -1.35. The molecular weight excluding hydrogens is 319 g/mol. The molecule has 0 unspecified atom stereocenters. The number of aryl methyl sites for hydroxylation is 2. The average Bonchev–Trinajstić information content (AvgIpc) is 2.44. The molecule has 3 rings (SSSR count). The van der Waals surface area contributed by atoms with Gasteiger partial charge in [0.15, 0.2) is 0 Å². The van der Waals surface area contributed by atoms with Crippen LogP contribution in [0.4, 0.5) is 4.39 Å². The molecule has 0 amide bonds. The first-order chi connectivity index (χ1) is 9.70. The minimum atomic E-state index is -0.247. The number of hydrogen-bond donors (Lipinski definition) is 0. The van der Waals surface area contributed by atoms with Gasteiger partial charge in [-0.2, -0.15) is 0 Å². The van der Waals surface area contributed by atoms with E-state index in [0.717, 1.165) is 22.2 Å². The lowest BCUT2D eigenvalue weighted by Gasteiger charge is -2.17. The fraction of sp³-hybridized carbons (Fsp3) is 0.294. The van der Waals surface area contributed by atoms with Crippen molar-refractivity contribution in [1.29, 1.82) is 0 Å². The van der Waals surface area contributed by atoms with Crippen molar-refractivity contribution in [2.24, 2.45) is 0 Å². The van der Waals surface area contributed by atoms with Crippen LogP contribution in [-0.2, 0) is 19.4 Å². The summed E-state index contributed by atoms with van der Waals surface area (Å²) in [5.74, 6) is 0.620. The van der Waals surface area contributed by atoms with Crippen LogP contribution in [0, 0.1) is 5.82 Å². The third-order valence-electron chi connectivity index (χ3n) is 3.65. The van der Waals surface area contributed by atoms with Crippen LogP contribution in [0.25, 0.3) is 0 Å². The van der Waals surface area contributed by atoms with Crippen LogP contribution in [-0.4, -0.2) is 0 Å². The van der Waals surface area contributed by atoms with Crippen LogP contribution in [0.5, 0.6) is 5.75 Å². The number of rotatable bonds is 3. The van der Waals surface area contributed by atoms with Crippen molar-refractivity contribution in [3.63, 3.8) is 0 Å². The monoisotopic (exact) mass is 334 g/mol. The van der Waals surface area contributed by atoms with E-state index in [1.165, 1.54) is 42.5 Å². The first-order valence-corrected chi connectivity index (χ1v) is 7.69. The van der Waals surface area contributed by atoms with Crippen LogP contribution in [0.15, 0.2) is 40.9 Å². The molecule has 2 aromatic rings. The SMILES string of the molecule is Fc1cc(Br)cc(COc2ccc3c(c2)CCCC3)c1. The maximum absolute atomic E-state index is 13.3. The summed E-state index contributed by atoms with van der Waals surface area (Å²) in [4.78, 5) is 0. The summed E-state index contributed by atoms with van der Waals surface area (Å²) in [7, 11) is 0. The Balaban J connectivity index is 1.71. The zero-order chi connectivity index (χ0) is 13.9. The van der Waals surface area contributed by atoms with Crippen molar-refractivity contribution in [2.75, 3.05) is 0 Å². The molecule has 0 fully saturated rings. The highest BCUT2D eigenvalue weighted by Crippen LogP contribution is 2.26. The maximum Gasteiger partial charge on any atom is 0.124 e. The molecule has 3 heteroatoms. The van der Waals surface area contributed by atoms with E-state index in [4.69, 9.17) is 4.74 Å². The fourth-order valence-corrected chi connectivity index (χ4v) is 3.17. The molecule has 0 bridgehead atoms. The lowest BCUT2D eigenvalue weighted by atomic mass is 9.92. The van der Waals surface area contributed by atoms with Crippen molar-refractivity contribution in [3.8, 4) is 5.75 Å². The molecule has 0 aromatic heterocycles. The molecule has 1 aliphatic rings. The van der Waals surface area contributed by atoms with Gasteiger partial charge in [0.25, 0.3) is 0 Å². The van der Waals surface area contributed by atoms with Gasteiger partial charge in [-0.25, -0.2) is 4.39 Å². The summed E-state index contributed by atoms with van der Waals surface area (Å²) in [5.41, 5.74) is 3.67. The van der Waals surface area contributed by atoms with E-state index < -0.39 is 0 Å². The van der Waals surface area contributed by atoms with Crippen molar-refractivity contribution >= 4 is 15.9 Å². The Morgan fingerprint density at radius 2 is 1.80 bits per heavy atom. The average molecular weight is 335 g/mol. The Morgan fingerprint density at radius 1 is 1.00 bits per heavy atom. The van der Waals surface area contributed by atoms with Crippen LogP contribution in [0.1, 0.15) is 29.5 Å². The molecule has 0 spiro atoms. The third-order valence-corrected chi connectivity index (χ3v) is 4.11. The lowest BCUT2D eigenvalue weighted by molar-refractivity contribution is 0.305. The molecule has 0 heterocycles. The minimum Gasteiger partial charge on any atom is -0.489 e. The molecule has 1 aliphatic carbocycles. The number of hydrogen-bond acceptors (Lipinski definition) is 1. The summed E-state index contributed by atoms with van der Waals surface area (Å²) >= 11 is 3.29. The molecular formula is C17H16BrFO. The largest absolute Gasteiger partial charge is 0.489 e. The van der Waals surface area contributed by atoms with Crippen molar-refractivity contribution in [3.05, 3.63) is 63.4 Å². The predicted octanol–water partition coefficient (Wildman–Crippen LogP) is 5.05. The van der Waals surface area contributed by atoms with Crippen LogP contribution < -0.4 is 4.74 Å². The first kappa shape index (κ1) is 13.6. The van der Waals surface area contributed by atoms with Gasteiger partial charge in [-0.05, 0) is 72.7 Å². The second-order valence-electron chi connectivity index (χ2n) is 5.20. The van der Waals surface area contributed by atoms with E-state index in [1.807, 2.05) is 12.1 Å². The van der Waals surface area contributed by atoms with Gasteiger partial charge >= 0.3 is 0 Å². The van der Waals surface area contributed by atoms with Gasteiger partial charge in [-0.15, -0.1) is 0 Å². The van der Waals surface area contributed by atoms with E-state index in [1.54, 1.807) is 0 Å². The zero-order valence-corrected chi connectivity index (χ0v) is 12.7. The highest BCUT2D eigenvalue weighted by Gasteiger charge is 2.10. The van der Waals surface area contributed by atoms with E-state index in [9.17, 15) is 4.39 Å². The van der Waals surface area contributed by atoms with Gasteiger partial charge in [0.2, 0.25) is 0 Å². The summed E-state index contributed by atoms with van der Waals surface area (Å²) < 4.78 is 19.8. The molecule has 2 aromatic carbocycles. The molecule has 20 heavy (non-hydrogen) atoms. The lowest BCUT2D eigenvalue weighted by Crippen LogP contribution is -2.03. The molecule has 104 valence electrons. The smallest absolute Gasteiger partial charge is 0.124 e. The van der Waals surface area contributed by atoms with E-state index in [0.29, 0.717) is 6.61 Å². The highest BCUT2D eigenvalue weighted by molar-refractivity contribution is 9.10. The summed E-state index contributed by atoms with van der Waals surface area (Å²) in [5, 5.41) is 0. The van der Waals surface area contributed by atoms with Crippen LogP contribution in [0.3, 0.4) is 0 Å². The second-order valence-corrected chi connectivity index (χ2v) is 6.12. The van der Waals surface area contributed by atoms with Crippen LogP contribution in [0.2, 0.25) is 0 Å². The second kappa shape index (κ2) is 5.96. The van der Waals surface area contributed by atoms with Gasteiger partial charge < -0.3 is 4.74 Å². The van der Waals surface area contributed by atoms with Gasteiger partial charge in [0.1, 0.15) is 18.2 Å². The molecule has 0 saturated carbocycles. The summed E-state index contributed by atoms with van der Waals surface area (Å²) in [6.07, 6.45) is 4.85. The third kappa shape index (κ3) is 3.21. The molecule has 0 atom stereocenters. The molecule has 0 saturated heterocycles. The quantitative estimate of drug-likeness (QED) is 0.763. The van der Waals surface area contributed by atoms with Gasteiger partial charge in [-0.3, -0.25) is 0 Å². The summed E-state index contributed by atoms with van der Waals surface area (Å²) in [6.45, 7) is 0.384. The van der Waals surface area contributed by atoms with E-state index >= 15 is 0 Å². The van der Waals surface area contributed by atoms with Gasteiger partial charge in [0.05, 0.1) is 0 Å². The Bertz CT molecular complexity index is 604. The Kier molecular flexibility index (Phi) is 4.06. The predicted molar refractivity (Wildman–Crippen MR) is 81.5 cm³/mol. The van der Waals surface area contributed by atoms with E-state index in [2.05, 4.69) is 28.1 Å². The van der Waals surface area contributed by atoms with Crippen molar-refractivity contribution in [1.82, 2.24) is 0 Å². The van der Waals surface area contributed by atoms with E-state index in [-0.39, 0.29) is 5.82 Å². The van der Waals surface area contributed by atoms with Crippen LogP contribution >= 0.6 is 15.9 Å².